The summed E-state index contributed by atoms with van der Waals surface area (Å²) >= 11 is 3.51. The van der Waals surface area contributed by atoms with Gasteiger partial charge >= 0.3 is 5.76 Å². The van der Waals surface area contributed by atoms with Crippen LogP contribution in [0.2, 0.25) is 0 Å². The summed E-state index contributed by atoms with van der Waals surface area (Å²) in [5, 5.41) is 4.95. The minimum atomic E-state index is -0.608. The maximum atomic E-state index is 12.3. The molecule has 5 nitrogen and oxygen atoms in total. The number of nitrogens with zero attached hydrogens (tertiary/aromatic N) is 1. The standard InChI is InChI=1S/C17H18N2O3S2/c1-12(19-14-6-2-3-7-15(14)22-17(19)21)16(20)18-8-10-23-11-13-5-4-9-24-13/h2-7,9,12H,8,10-11H2,1H3,(H,18,20). The van der Waals surface area contributed by atoms with Crippen molar-refractivity contribution in [3.8, 4) is 0 Å². The van der Waals surface area contributed by atoms with Gasteiger partial charge in [0, 0.05) is 22.9 Å². The summed E-state index contributed by atoms with van der Waals surface area (Å²) in [5.41, 5.74) is 1.13. The molecule has 0 aliphatic heterocycles. The zero-order valence-electron chi connectivity index (χ0n) is 13.2. The molecule has 0 aliphatic carbocycles. The van der Waals surface area contributed by atoms with Crippen LogP contribution in [0.3, 0.4) is 0 Å². The fraction of sp³-hybridized carbons (Fsp3) is 0.294. The van der Waals surface area contributed by atoms with Crippen molar-refractivity contribution in [3.05, 3.63) is 57.2 Å². The minimum absolute atomic E-state index is 0.180. The highest BCUT2D eigenvalue weighted by atomic mass is 32.2. The Balaban J connectivity index is 1.54. The molecule has 0 aliphatic rings. The third kappa shape index (κ3) is 3.73. The van der Waals surface area contributed by atoms with Gasteiger partial charge in [-0.1, -0.05) is 18.2 Å². The van der Waals surface area contributed by atoms with Crippen LogP contribution in [0, 0.1) is 0 Å². The van der Waals surface area contributed by atoms with Crippen LogP contribution in [-0.2, 0) is 10.5 Å². The molecule has 0 saturated carbocycles. The molecular formula is C17H18N2O3S2. The number of carbonyl (C=O) groups is 1. The third-order valence-electron chi connectivity index (χ3n) is 3.66. The van der Waals surface area contributed by atoms with Gasteiger partial charge in [-0.3, -0.25) is 9.36 Å². The van der Waals surface area contributed by atoms with Gasteiger partial charge in [0.15, 0.2) is 5.58 Å². The number of hydrogen-bond donors (Lipinski definition) is 1. The summed E-state index contributed by atoms with van der Waals surface area (Å²) in [6.07, 6.45) is 0. The monoisotopic (exact) mass is 362 g/mol. The van der Waals surface area contributed by atoms with E-state index >= 15 is 0 Å². The Labute approximate surface area is 147 Å². The third-order valence-corrected chi connectivity index (χ3v) is 5.72. The number of fused-ring (bicyclic) bond motifs is 1. The summed E-state index contributed by atoms with van der Waals surface area (Å²) in [4.78, 5) is 25.6. The molecule has 0 radical (unpaired) electrons. The van der Waals surface area contributed by atoms with Crippen LogP contribution < -0.4 is 11.1 Å². The summed E-state index contributed by atoms with van der Waals surface area (Å²) < 4.78 is 6.57. The van der Waals surface area contributed by atoms with Gasteiger partial charge in [-0.15, -0.1) is 11.3 Å². The molecule has 126 valence electrons. The summed E-state index contributed by atoms with van der Waals surface area (Å²) in [7, 11) is 0. The van der Waals surface area contributed by atoms with E-state index in [0.29, 0.717) is 17.6 Å². The second kappa shape index (κ2) is 7.72. The van der Waals surface area contributed by atoms with Crippen molar-refractivity contribution in [2.24, 2.45) is 0 Å². The van der Waals surface area contributed by atoms with Gasteiger partial charge in [-0.05, 0) is 30.5 Å². The number of para-hydroxylation sites is 2. The molecular weight excluding hydrogens is 344 g/mol. The molecule has 1 unspecified atom stereocenters. The second-order valence-electron chi connectivity index (χ2n) is 5.30. The quantitative estimate of drug-likeness (QED) is 0.655. The number of hydrogen-bond acceptors (Lipinski definition) is 5. The first-order chi connectivity index (χ1) is 11.7. The van der Waals surface area contributed by atoms with Gasteiger partial charge in [0.05, 0.1) is 5.52 Å². The van der Waals surface area contributed by atoms with Crippen LogP contribution in [0.15, 0.2) is 51.0 Å². The van der Waals surface area contributed by atoms with Gasteiger partial charge in [-0.2, -0.15) is 11.8 Å². The molecule has 7 heteroatoms. The van der Waals surface area contributed by atoms with Crippen LogP contribution in [-0.4, -0.2) is 22.8 Å². The topological polar surface area (TPSA) is 64.2 Å². The largest absolute Gasteiger partial charge is 0.420 e. The molecule has 1 N–H and O–H groups in total. The predicted molar refractivity (Wildman–Crippen MR) is 98.7 cm³/mol. The normalized spacial score (nSPS) is 12.4. The molecule has 0 bridgehead atoms. The highest BCUT2D eigenvalue weighted by Crippen LogP contribution is 2.18. The van der Waals surface area contributed by atoms with E-state index in [1.165, 1.54) is 9.44 Å². The first-order valence-corrected chi connectivity index (χ1v) is 9.68. The Morgan fingerprint density at radius 1 is 1.33 bits per heavy atom. The van der Waals surface area contributed by atoms with E-state index in [4.69, 9.17) is 4.42 Å². The minimum Gasteiger partial charge on any atom is -0.408 e. The first-order valence-electron chi connectivity index (χ1n) is 7.64. The lowest BCUT2D eigenvalue weighted by Crippen LogP contribution is -2.35. The molecule has 1 amide bonds. The Morgan fingerprint density at radius 3 is 2.96 bits per heavy atom. The molecule has 0 fully saturated rings. The lowest BCUT2D eigenvalue weighted by molar-refractivity contribution is -0.123. The maximum Gasteiger partial charge on any atom is 0.420 e. The van der Waals surface area contributed by atoms with Crippen molar-refractivity contribution < 1.29 is 9.21 Å². The van der Waals surface area contributed by atoms with Gasteiger partial charge in [0.2, 0.25) is 5.91 Å². The van der Waals surface area contributed by atoms with Crippen molar-refractivity contribution >= 4 is 40.1 Å². The van der Waals surface area contributed by atoms with Crippen LogP contribution >= 0.6 is 23.1 Å². The van der Waals surface area contributed by atoms with Crippen molar-refractivity contribution in [3.63, 3.8) is 0 Å². The number of amides is 1. The fourth-order valence-electron chi connectivity index (χ4n) is 2.43. The van der Waals surface area contributed by atoms with Crippen LogP contribution in [0.4, 0.5) is 0 Å². The van der Waals surface area contributed by atoms with Crippen molar-refractivity contribution in [2.75, 3.05) is 12.3 Å². The molecule has 3 aromatic rings. The van der Waals surface area contributed by atoms with Crippen LogP contribution in [0.5, 0.6) is 0 Å². The number of aromatic nitrogens is 1. The molecule has 2 aromatic heterocycles. The smallest absolute Gasteiger partial charge is 0.408 e. The Kier molecular flexibility index (Phi) is 5.42. The molecule has 2 heterocycles. The first kappa shape index (κ1) is 16.9. The average molecular weight is 362 g/mol. The van der Waals surface area contributed by atoms with E-state index in [1.807, 2.05) is 12.1 Å². The number of nitrogens with one attached hydrogen (secondary N) is 1. The Morgan fingerprint density at radius 2 is 2.17 bits per heavy atom. The Hall–Kier alpha value is -1.99. The van der Waals surface area contributed by atoms with Gasteiger partial charge in [0.1, 0.15) is 6.04 Å². The van der Waals surface area contributed by atoms with E-state index in [0.717, 1.165) is 11.5 Å². The number of thioether (sulfide) groups is 1. The highest BCUT2D eigenvalue weighted by Gasteiger charge is 2.20. The summed E-state index contributed by atoms with van der Waals surface area (Å²) in [6, 6.07) is 10.7. The van der Waals surface area contributed by atoms with Crippen LogP contribution in [0.1, 0.15) is 17.8 Å². The van der Waals surface area contributed by atoms with Gasteiger partial charge < -0.3 is 9.73 Å². The summed E-state index contributed by atoms with van der Waals surface area (Å²) in [5.74, 6) is 1.10. The number of thiophene rings is 1. The molecule has 24 heavy (non-hydrogen) atoms. The SMILES string of the molecule is CC(C(=O)NCCSCc1cccs1)n1c(=O)oc2ccccc21. The van der Waals surface area contributed by atoms with Gasteiger partial charge in [-0.25, -0.2) is 4.79 Å². The van der Waals surface area contributed by atoms with Crippen molar-refractivity contribution in [1.29, 1.82) is 0 Å². The van der Waals surface area contributed by atoms with Crippen molar-refractivity contribution in [2.45, 2.75) is 18.7 Å². The zero-order chi connectivity index (χ0) is 16.9. The molecule has 0 saturated heterocycles. The fourth-order valence-corrected chi connectivity index (χ4v) is 4.13. The van der Waals surface area contributed by atoms with Crippen molar-refractivity contribution in [1.82, 2.24) is 9.88 Å². The summed E-state index contributed by atoms with van der Waals surface area (Å²) in [6.45, 7) is 2.28. The maximum absolute atomic E-state index is 12.3. The number of carbonyl (C=O) groups excluding carboxylic acids is 1. The molecule has 1 aromatic carbocycles. The van der Waals surface area contributed by atoms with E-state index < -0.39 is 11.8 Å². The predicted octanol–water partition coefficient (Wildman–Crippen LogP) is 3.27. The molecule has 1 atom stereocenters. The molecule has 0 spiro atoms. The zero-order valence-corrected chi connectivity index (χ0v) is 14.9. The van der Waals surface area contributed by atoms with E-state index in [1.54, 1.807) is 48.2 Å². The number of rotatable bonds is 7. The number of benzene rings is 1. The lowest BCUT2D eigenvalue weighted by atomic mass is 10.2. The lowest BCUT2D eigenvalue weighted by Gasteiger charge is -2.13. The Bertz CT molecular complexity index is 867. The van der Waals surface area contributed by atoms with E-state index in [9.17, 15) is 9.59 Å². The van der Waals surface area contributed by atoms with E-state index in [-0.39, 0.29) is 5.91 Å². The second-order valence-corrected chi connectivity index (χ2v) is 7.44. The molecule has 3 rings (SSSR count). The van der Waals surface area contributed by atoms with E-state index in [2.05, 4.69) is 16.8 Å². The van der Waals surface area contributed by atoms with Gasteiger partial charge in [0.25, 0.3) is 0 Å². The average Bonchev–Trinajstić information content (AvgIpc) is 3.20. The highest BCUT2D eigenvalue weighted by molar-refractivity contribution is 7.98. The number of oxazole rings is 1. The van der Waals surface area contributed by atoms with Crippen LogP contribution in [0.25, 0.3) is 11.1 Å².